The third-order valence-electron chi connectivity index (χ3n) is 4.57. The molecule has 1 aromatic heterocycles. The number of nitrogens with zero attached hydrogens (tertiary/aromatic N) is 2. The van der Waals surface area contributed by atoms with E-state index in [0.29, 0.717) is 18.0 Å². The monoisotopic (exact) mass is 356 g/mol. The minimum absolute atomic E-state index is 0.0681. The Labute approximate surface area is 145 Å². The van der Waals surface area contributed by atoms with Gasteiger partial charge in [-0.1, -0.05) is 13.8 Å². The van der Waals surface area contributed by atoms with E-state index >= 15 is 0 Å². The molecule has 0 N–H and O–H groups in total. The van der Waals surface area contributed by atoms with Gasteiger partial charge in [0.1, 0.15) is 11.1 Å². The molecule has 2 heterocycles. The average molecular weight is 356 g/mol. The van der Waals surface area contributed by atoms with E-state index in [-0.39, 0.29) is 23.1 Å². The van der Waals surface area contributed by atoms with Gasteiger partial charge in [-0.15, -0.1) is 0 Å². The van der Waals surface area contributed by atoms with Gasteiger partial charge < -0.3 is 9.15 Å². The second-order valence-electron chi connectivity index (χ2n) is 6.93. The summed E-state index contributed by atoms with van der Waals surface area (Å²) in [4.78, 5) is 6.39. The summed E-state index contributed by atoms with van der Waals surface area (Å²) in [5.41, 5.74) is -0.0536. The van der Waals surface area contributed by atoms with Crippen molar-refractivity contribution in [1.29, 1.82) is 0 Å². The number of halogens is 3. The normalized spacial score (nSPS) is 19.9. The van der Waals surface area contributed by atoms with E-state index in [1.165, 1.54) is 6.07 Å². The predicted molar refractivity (Wildman–Crippen MR) is 88.4 cm³/mol. The number of rotatable bonds is 4. The molecule has 0 unspecified atom stereocenters. The lowest BCUT2D eigenvalue weighted by Gasteiger charge is -2.31. The third-order valence-corrected chi connectivity index (χ3v) is 4.57. The van der Waals surface area contributed by atoms with Crippen molar-refractivity contribution in [1.82, 2.24) is 9.88 Å². The average Bonchev–Trinajstić information content (AvgIpc) is 2.97. The van der Waals surface area contributed by atoms with Crippen LogP contribution < -0.4 is 0 Å². The molecule has 7 heteroatoms. The molecule has 0 amide bonds. The fourth-order valence-corrected chi connectivity index (χ4v) is 3.26. The SMILES string of the molecule is CO[C@H]1CCCN(Cc2cc(C(F)(F)F)c3oc(C(C)C)nc3c2)C1. The van der Waals surface area contributed by atoms with Crippen molar-refractivity contribution in [3.8, 4) is 0 Å². The highest BCUT2D eigenvalue weighted by Crippen LogP contribution is 2.37. The van der Waals surface area contributed by atoms with Crippen LogP contribution in [0, 0.1) is 0 Å². The van der Waals surface area contributed by atoms with Gasteiger partial charge in [0.2, 0.25) is 0 Å². The number of hydrogen-bond acceptors (Lipinski definition) is 4. The maximum atomic E-state index is 13.5. The van der Waals surface area contributed by atoms with Gasteiger partial charge in [-0.25, -0.2) is 4.98 Å². The number of benzene rings is 1. The largest absolute Gasteiger partial charge is 0.440 e. The minimum Gasteiger partial charge on any atom is -0.440 e. The molecular weight excluding hydrogens is 333 g/mol. The maximum absolute atomic E-state index is 13.5. The van der Waals surface area contributed by atoms with Gasteiger partial charge in [0.15, 0.2) is 11.5 Å². The summed E-state index contributed by atoms with van der Waals surface area (Å²) in [5.74, 6) is 0.261. The molecule has 4 nitrogen and oxygen atoms in total. The summed E-state index contributed by atoms with van der Waals surface area (Å²) in [7, 11) is 1.67. The molecule has 1 fully saturated rings. The van der Waals surface area contributed by atoms with Gasteiger partial charge in [-0.3, -0.25) is 4.90 Å². The van der Waals surface area contributed by atoms with Crippen molar-refractivity contribution >= 4 is 11.1 Å². The Bertz CT molecular complexity index is 740. The van der Waals surface area contributed by atoms with Gasteiger partial charge in [0.05, 0.1) is 6.10 Å². The maximum Gasteiger partial charge on any atom is 0.420 e. The molecule has 1 aromatic carbocycles. The summed E-state index contributed by atoms with van der Waals surface area (Å²) in [6, 6.07) is 2.89. The zero-order chi connectivity index (χ0) is 18.2. The number of fused-ring (bicyclic) bond motifs is 1. The fourth-order valence-electron chi connectivity index (χ4n) is 3.26. The summed E-state index contributed by atoms with van der Waals surface area (Å²) >= 11 is 0. The Morgan fingerprint density at radius 3 is 2.76 bits per heavy atom. The lowest BCUT2D eigenvalue weighted by Crippen LogP contribution is -2.38. The second-order valence-corrected chi connectivity index (χ2v) is 6.93. The van der Waals surface area contributed by atoms with E-state index in [4.69, 9.17) is 9.15 Å². The van der Waals surface area contributed by atoms with Crippen molar-refractivity contribution in [2.45, 2.75) is 51.4 Å². The predicted octanol–water partition coefficient (Wildman–Crippen LogP) is 4.58. The van der Waals surface area contributed by atoms with E-state index < -0.39 is 11.7 Å². The molecule has 0 radical (unpaired) electrons. The van der Waals surface area contributed by atoms with Crippen LogP contribution in [0.3, 0.4) is 0 Å². The Balaban J connectivity index is 1.95. The number of oxazole rings is 1. The number of methoxy groups -OCH3 is 1. The number of hydrogen-bond donors (Lipinski definition) is 0. The molecule has 0 aliphatic carbocycles. The first kappa shape index (κ1) is 18.2. The zero-order valence-electron chi connectivity index (χ0n) is 14.7. The van der Waals surface area contributed by atoms with Crippen LogP contribution in [0.4, 0.5) is 13.2 Å². The summed E-state index contributed by atoms with van der Waals surface area (Å²) in [5, 5.41) is 0. The van der Waals surface area contributed by atoms with Crippen LogP contribution in [0.1, 0.15) is 49.6 Å². The highest BCUT2D eigenvalue weighted by atomic mass is 19.4. The lowest BCUT2D eigenvalue weighted by atomic mass is 10.0. The second kappa shape index (κ2) is 6.96. The van der Waals surface area contributed by atoms with E-state index in [2.05, 4.69) is 9.88 Å². The Morgan fingerprint density at radius 1 is 1.36 bits per heavy atom. The number of aromatic nitrogens is 1. The summed E-state index contributed by atoms with van der Waals surface area (Å²) in [6.07, 6.45) is -2.37. The first-order valence-electron chi connectivity index (χ1n) is 8.53. The third kappa shape index (κ3) is 3.98. The van der Waals surface area contributed by atoms with Crippen molar-refractivity contribution in [3.05, 3.63) is 29.2 Å². The minimum atomic E-state index is -4.47. The van der Waals surface area contributed by atoms with Crippen molar-refractivity contribution < 1.29 is 22.3 Å². The zero-order valence-corrected chi connectivity index (χ0v) is 14.7. The quantitative estimate of drug-likeness (QED) is 0.804. The van der Waals surface area contributed by atoms with Gasteiger partial charge in [0, 0.05) is 26.1 Å². The first-order valence-corrected chi connectivity index (χ1v) is 8.53. The van der Waals surface area contributed by atoms with E-state index in [0.717, 1.165) is 25.9 Å². The lowest BCUT2D eigenvalue weighted by molar-refractivity contribution is -0.136. The highest BCUT2D eigenvalue weighted by Gasteiger charge is 2.36. The van der Waals surface area contributed by atoms with Gasteiger partial charge in [-0.05, 0) is 37.1 Å². The van der Waals surface area contributed by atoms with Crippen molar-refractivity contribution in [3.63, 3.8) is 0 Å². The molecule has 1 saturated heterocycles. The van der Waals surface area contributed by atoms with Crippen LogP contribution >= 0.6 is 0 Å². The molecule has 3 rings (SSSR count). The van der Waals surface area contributed by atoms with Crippen molar-refractivity contribution in [2.75, 3.05) is 20.2 Å². The smallest absolute Gasteiger partial charge is 0.420 e. The Kier molecular flexibility index (Phi) is 5.06. The molecular formula is C18H23F3N2O2. The standard InChI is InChI=1S/C18H23F3N2O2/c1-11(2)17-22-15-8-12(7-14(16(15)25-17)18(19,20)21)9-23-6-4-5-13(10-23)24-3/h7-8,11,13H,4-6,9-10H2,1-3H3/t13-/m0/s1. The fraction of sp³-hybridized carbons (Fsp3) is 0.611. The molecule has 2 aromatic rings. The molecule has 0 saturated carbocycles. The number of alkyl halides is 3. The number of ether oxygens (including phenoxy) is 1. The van der Waals surface area contributed by atoms with Crippen LogP contribution in [0.5, 0.6) is 0 Å². The number of piperidine rings is 1. The summed E-state index contributed by atoms with van der Waals surface area (Å²) in [6.45, 7) is 5.72. The van der Waals surface area contributed by atoms with Crippen LogP contribution in [-0.4, -0.2) is 36.2 Å². The molecule has 0 spiro atoms. The molecule has 0 bridgehead atoms. The van der Waals surface area contributed by atoms with Crippen LogP contribution in [0.15, 0.2) is 16.5 Å². The first-order chi connectivity index (χ1) is 11.8. The van der Waals surface area contributed by atoms with E-state index in [1.54, 1.807) is 13.2 Å². The number of likely N-dealkylation sites (tertiary alicyclic amines) is 1. The Hall–Kier alpha value is -1.60. The molecule has 1 aliphatic rings. The van der Waals surface area contributed by atoms with Gasteiger partial charge >= 0.3 is 6.18 Å². The topological polar surface area (TPSA) is 38.5 Å². The Morgan fingerprint density at radius 2 is 2.12 bits per heavy atom. The van der Waals surface area contributed by atoms with E-state index in [9.17, 15) is 13.2 Å². The van der Waals surface area contributed by atoms with Crippen molar-refractivity contribution in [2.24, 2.45) is 0 Å². The molecule has 1 atom stereocenters. The summed E-state index contributed by atoms with van der Waals surface area (Å²) < 4.78 is 51.2. The molecule has 25 heavy (non-hydrogen) atoms. The molecule has 138 valence electrons. The van der Waals surface area contributed by atoms with Crippen LogP contribution in [-0.2, 0) is 17.5 Å². The van der Waals surface area contributed by atoms with Crippen LogP contribution in [0.2, 0.25) is 0 Å². The van der Waals surface area contributed by atoms with E-state index in [1.807, 2.05) is 13.8 Å². The highest BCUT2D eigenvalue weighted by molar-refractivity contribution is 5.78. The van der Waals surface area contributed by atoms with Gasteiger partial charge in [-0.2, -0.15) is 13.2 Å². The van der Waals surface area contributed by atoms with Gasteiger partial charge in [0.25, 0.3) is 0 Å². The molecule has 1 aliphatic heterocycles. The van der Waals surface area contributed by atoms with Crippen LogP contribution in [0.25, 0.3) is 11.1 Å².